The van der Waals surface area contributed by atoms with E-state index in [4.69, 9.17) is 25.3 Å². The zero-order valence-electron chi connectivity index (χ0n) is 42.9. The number of allylic oxidation sites excluding steroid dienone is 4. The second-order valence-corrected chi connectivity index (χ2v) is 24.4. The quantitative estimate of drug-likeness (QED) is 0.0407. The van der Waals surface area contributed by atoms with Crippen LogP contribution in [0.15, 0.2) is 48.2 Å². The Hall–Kier alpha value is -5.49. The molecule has 0 bridgehead atoms. The fourth-order valence-electron chi connectivity index (χ4n) is 9.22. The number of carboxylic acid groups (broad SMARTS) is 1. The van der Waals surface area contributed by atoms with Gasteiger partial charge in [-0.1, -0.05) is 33.8 Å². The molecule has 0 atom stereocenters. The van der Waals surface area contributed by atoms with Crippen LogP contribution in [0.2, 0.25) is 0 Å². The van der Waals surface area contributed by atoms with Crippen LogP contribution in [0.3, 0.4) is 0 Å². The van der Waals surface area contributed by atoms with Crippen LogP contribution in [0.5, 0.6) is 0 Å². The third kappa shape index (κ3) is 20.5. The summed E-state index contributed by atoms with van der Waals surface area (Å²) in [6.45, 7) is 11.6. The van der Waals surface area contributed by atoms with Crippen molar-refractivity contribution in [3.05, 3.63) is 81.6 Å². The molecule has 2 aliphatic rings. The fourth-order valence-corrected chi connectivity index (χ4v) is 10.7. The smallest absolute Gasteiger partial charge is 0.425 e. The number of Topliss-reactive ketones (excluding diaryl/α,β-unsaturated/α-hetero) is 4. The van der Waals surface area contributed by atoms with Gasteiger partial charge < -0.3 is 14.6 Å². The van der Waals surface area contributed by atoms with Gasteiger partial charge in [0.1, 0.15) is 6.54 Å². The number of hydrogen-bond donors (Lipinski definition) is 3. The second kappa shape index (κ2) is 28.8. The van der Waals surface area contributed by atoms with Gasteiger partial charge in [0.2, 0.25) is 5.69 Å². The first-order valence-corrected chi connectivity index (χ1v) is 30.7. The summed E-state index contributed by atoms with van der Waals surface area (Å²) in [5, 5.41) is 9.29. The third-order valence-electron chi connectivity index (χ3n) is 12.3. The average molecular weight is 1170 g/mol. The summed E-state index contributed by atoms with van der Waals surface area (Å²) >= 11 is 0. The SMILES string of the molecule is CCCC(=O)c1cc(C(=O)CCC)c2c(c1)N(CCCS(=O)(=O)[O-])C(=CC=CC1=[N+](CCCCCC(=O)O)c3cc(C(=O)CCCS(=O)(=O)O)cc(C(=O)CCCS(=O)(=O)O)c3C1(C)C)C2(C)C.O=S(=O)=O.O=S(=O)=O. The summed E-state index contributed by atoms with van der Waals surface area (Å²) in [5.74, 6) is -4.37. The van der Waals surface area contributed by atoms with E-state index >= 15 is 0 Å². The van der Waals surface area contributed by atoms with Gasteiger partial charge in [-0.25, -0.2) is 8.42 Å². The van der Waals surface area contributed by atoms with Gasteiger partial charge in [0.15, 0.2) is 28.8 Å². The molecule has 0 saturated heterocycles. The van der Waals surface area contributed by atoms with Crippen LogP contribution in [0.25, 0.3) is 0 Å². The molecule has 28 heteroatoms. The van der Waals surface area contributed by atoms with Crippen LogP contribution in [-0.4, -0.2) is 139 Å². The molecular formula is C48H64N2O21S5. The second-order valence-electron chi connectivity index (χ2n) is 18.9. The monoisotopic (exact) mass is 1160 g/mol. The number of unbranched alkanes of at least 4 members (excludes halogenated alkanes) is 2. The van der Waals surface area contributed by atoms with E-state index in [1.165, 1.54) is 6.07 Å². The molecule has 0 spiro atoms. The highest BCUT2D eigenvalue weighted by Gasteiger charge is 2.48. The van der Waals surface area contributed by atoms with E-state index in [-0.39, 0.29) is 87.1 Å². The van der Waals surface area contributed by atoms with E-state index in [2.05, 4.69) is 0 Å². The molecule has 76 heavy (non-hydrogen) atoms. The molecule has 422 valence electrons. The number of benzene rings is 2. The Morgan fingerprint density at radius 3 is 1.59 bits per heavy atom. The van der Waals surface area contributed by atoms with Crippen LogP contribution >= 0.6 is 0 Å². The summed E-state index contributed by atoms with van der Waals surface area (Å²) in [4.78, 5) is 68.2. The zero-order valence-corrected chi connectivity index (χ0v) is 47.0. The van der Waals surface area contributed by atoms with Crippen molar-refractivity contribution in [2.75, 3.05) is 35.2 Å². The summed E-state index contributed by atoms with van der Waals surface area (Å²) in [6, 6.07) is 6.32. The Morgan fingerprint density at radius 2 is 1.09 bits per heavy atom. The van der Waals surface area contributed by atoms with Crippen LogP contribution in [0, 0.1) is 0 Å². The number of carbonyl (C=O) groups excluding carboxylic acids is 4. The van der Waals surface area contributed by atoms with Gasteiger partial charge in [0, 0.05) is 102 Å². The van der Waals surface area contributed by atoms with Gasteiger partial charge in [0.25, 0.3) is 20.2 Å². The Kier molecular flexibility index (Phi) is 25.2. The molecule has 23 nitrogen and oxygen atoms in total. The highest BCUT2D eigenvalue weighted by Crippen LogP contribution is 2.51. The predicted molar refractivity (Wildman–Crippen MR) is 276 cm³/mol. The number of aliphatic carboxylic acids is 1. The number of hydrogen-bond acceptors (Lipinski definition) is 19. The number of fused-ring (bicyclic) bond motifs is 2. The number of ketones is 4. The van der Waals surface area contributed by atoms with Gasteiger partial charge in [-0.05, 0) is 88.6 Å². The minimum Gasteiger partial charge on any atom is -0.748 e. The lowest BCUT2D eigenvalue weighted by Gasteiger charge is -2.27. The average Bonchev–Trinajstić information content (AvgIpc) is 3.61. The zero-order chi connectivity index (χ0) is 58.1. The van der Waals surface area contributed by atoms with Crippen molar-refractivity contribution in [3.8, 4) is 0 Å². The van der Waals surface area contributed by atoms with Gasteiger partial charge in [-0.3, -0.25) is 33.1 Å². The van der Waals surface area contributed by atoms with Crippen molar-refractivity contribution in [2.45, 2.75) is 136 Å². The maximum Gasteiger partial charge on any atom is 0.425 e. The van der Waals surface area contributed by atoms with E-state index in [0.717, 1.165) is 0 Å². The molecule has 4 rings (SSSR count). The Labute approximate surface area is 445 Å². The van der Waals surface area contributed by atoms with Gasteiger partial charge in [-0.2, -0.15) is 21.4 Å². The van der Waals surface area contributed by atoms with Gasteiger partial charge in [0.05, 0.1) is 32.6 Å². The number of anilines is 1. The van der Waals surface area contributed by atoms with E-state index in [0.29, 0.717) is 77.1 Å². The van der Waals surface area contributed by atoms with E-state index in [1.54, 1.807) is 30.4 Å². The Bertz CT molecular complexity index is 3190. The first kappa shape index (κ1) is 66.6. The number of carboxylic acids is 1. The highest BCUT2D eigenvalue weighted by atomic mass is 32.2. The summed E-state index contributed by atoms with van der Waals surface area (Å²) in [7, 11) is -19.6. The molecule has 0 aliphatic carbocycles. The number of rotatable bonds is 28. The van der Waals surface area contributed by atoms with Crippen LogP contribution in [0.1, 0.15) is 178 Å². The lowest BCUT2D eigenvalue weighted by atomic mass is 9.77. The van der Waals surface area contributed by atoms with Crippen molar-refractivity contribution >= 4 is 97.8 Å². The fraction of sp³-hybridized carbons (Fsp3) is 0.542. The number of nitrogens with zero attached hydrogens (tertiary/aromatic N) is 2. The molecule has 0 fully saturated rings. The van der Waals surface area contributed by atoms with Crippen molar-refractivity contribution < 1.29 is 97.8 Å². The topological polar surface area (TPSA) is 380 Å². The Morgan fingerprint density at radius 1 is 0.618 bits per heavy atom. The maximum atomic E-state index is 14.1. The van der Waals surface area contributed by atoms with Crippen LogP contribution in [0.4, 0.5) is 11.4 Å². The molecule has 0 saturated carbocycles. The standard InChI is InChI=1S/C48H64N2O15S3.2O3S/c1-7-16-38(51)32-28-34(40(53)17-8-2)45-37(30-32)50(24-15-27-68(63,64)65)43(48(45,5)6)21-12-20-42-47(3,4)46-35(41(54)19-14-26-67(60,61)62)29-33(39(52)18-13-25-66(57,58)59)31-36(46)49(42)23-11-9-10-22-44(55)56;2*1-4(2)3/h12,20-21,28-31H,7-11,13-19,22-27H2,1-6H3,(H3-,55,56,57,58,59,60,61,62,63,64,65);;. The summed E-state index contributed by atoms with van der Waals surface area (Å²) < 4.78 is 153. The Balaban J connectivity index is 0.00000230. The molecular weight excluding hydrogens is 1100 g/mol. The minimum absolute atomic E-state index is 0.0461. The molecule has 0 radical (unpaired) electrons. The van der Waals surface area contributed by atoms with Crippen LogP contribution in [-0.2, 0) is 67.2 Å². The largest absolute Gasteiger partial charge is 0.748 e. The summed E-state index contributed by atoms with van der Waals surface area (Å²) in [5.41, 5.74) is 2.34. The van der Waals surface area contributed by atoms with Crippen molar-refractivity contribution in [1.82, 2.24) is 0 Å². The first-order valence-electron chi connectivity index (χ1n) is 23.9. The minimum atomic E-state index is -4.60. The molecule has 2 aromatic rings. The van der Waals surface area contributed by atoms with E-state index < -0.39 is 97.2 Å². The number of carbonyl (C=O) groups is 5. The molecule has 0 aromatic heterocycles. The molecule has 2 aromatic carbocycles. The van der Waals surface area contributed by atoms with E-state index in [9.17, 15) is 68.0 Å². The van der Waals surface area contributed by atoms with Crippen molar-refractivity contribution in [1.29, 1.82) is 0 Å². The lowest BCUT2D eigenvalue weighted by molar-refractivity contribution is -0.438. The van der Waals surface area contributed by atoms with Crippen molar-refractivity contribution in [3.63, 3.8) is 0 Å². The van der Waals surface area contributed by atoms with Gasteiger partial charge >= 0.3 is 27.2 Å². The van der Waals surface area contributed by atoms with Gasteiger partial charge in [-0.15, -0.1) is 25.3 Å². The molecule has 0 amide bonds. The molecule has 2 aliphatic heterocycles. The third-order valence-corrected chi connectivity index (χ3v) is 14.7. The molecule has 2 heterocycles. The van der Waals surface area contributed by atoms with Crippen molar-refractivity contribution in [2.24, 2.45) is 0 Å². The summed E-state index contributed by atoms with van der Waals surface area (Å²) in [6.07, 6.45) is 7.07. The lowest BCUT2D eigenvalue weighted by Crippen LogP contribution is -2.30. The van der Waals surface area contributed by atoms with Crippen LogP contribution < -0.4 is 4.90 Å². The normalized spacial score (nSPS) is 15.1. The molecule has 3 N–H and O–H groups in total. The highest BCUT2D eigenvalue weighted by molar-refractivity contribution is 7.86. The maximum absolute atomic E-state index is 14.1. The van der Waals surface area contributed by atoms with E-state index in [1.807, 2.05) is 57.1 Å². The predicted octanol–water partition coefficient (Wildman–Crippen LogP) is 5.54. The first-order chi connectivity index (χ1) is 35.0. The molecule has 0 unspecified atom stereocenters.